The van der Waals surface area contributed by atoms with E-state index >= 15 is 0 Å². The molecule has 6 rings (SSSR count). The van der Waals surface area contributed by atoms with Gasteiger partial charge in [0.1, 0.15) is 0 Å². The van der Waals surface area contributed by atoms with E-state index in [1.807, 2.05) is 6.92 Å². The van der Waals surface area contributed by atoms with Crippen LogP contribution in [0.25, 0.3) is 22.3 Å². The van der Waals surface area contributed by atoms with Crippen molar-refractivity contribution in [2.24, 2.45) is 0 Å². The van der Waals surface area contributed by atoms with Gasteiger partial charge in [0.25, 0.3) is 11.8 Å². The van der Waals surface area contributed by atoms with Crippen molar-refractivity contribution in [1.82, 2.24) is 15.3 Å². The summed E-state index contributed by atoms with van der Waals surface area (Å²) in [4.78, 5) is 44.7. The molecule has 280 valence electrons. The molecule has 0 saturated carbocycles. The zero-order chi connectivity index (χ0) is 39.8. The Hall–Kier alpha value is -6.83. The van der Waals surface area contributed by atoms with E-state index in [0.717, 1.165) is 30.0 Å². The van der Waals surface area contributed by atoms with Gasteiger partial charge in [0.05, 0.1) is 40.8 Å². The molecule has 1 heterocycles. The quantitative estimate of drug-likeness (QED) is 0.133. The second-order valence-electron chi connectivity index (χ2n) is 11.9. The van der Waals surface area contributed by atoms with Gasteiger partial charge in [-0.25, -0.2) is 4.79 Å². The molecule has 0 atom stereocenters. The molecule has 0 saturated heterocycles. The zero-order valence-electron chi connectivity index (χ0n) is 28.7. The Balaban J connectivity index is 0.000000256. The molecule has 2 amide bonds. The molecule has 0 aliphatic rings. The number of nitrogens with zero attached hydrogens (tertiary/aromatic N) is 2. The number of halogens is 6. The largest absolute Gasteiger partial charge is 0.478 e. The smallest absolute Gasteiger partial charge is 0.416 e. The summed E-state index contributed by atoms with van der Waals surface area (Å²) < 4.78 is 76.0. The van der Waals surface area contributed by atoms with Gasteiger partial charge in [0.2, 0.25) is 0 Å². The highest BCUT2D eigenvalue weighted by molar-refractivity contribution is 6.09. The minimum atomic E-state index is -4.44. The van der Waals surface area contributed by atoms with Gasteiger partial charge in [0.15, 0.2) is 0 Å². The van der Waals surface area contributed by atoms with Crippen LogP contribution in [0.3, 0.4) is 0 Å². The number of benzene rings is 5. The summed E-state index contributed by atoms with van der Waals surface area (Å²) in [5.41, 5.74) is 2.93. The van der Waals surface area contributed by atoms with Gasteiger partial charge in [-0.15, -0.1) is 0 Å². The number of nitrogens with one attached hydrogen (secondary N) is 2. The predicted molar refractivity (Wildman–Crippen MR) is 193 cm³/mol. The zero-order valence-corrected chi connectivity index (χ0v) is 28.7. The van der Waals surface area contributed by atoms with Crippen molar-refractivity contribution < 1.29 is 45.8 Å². The number of aromatic nitrogens is 2. The number of carboxylic acids is 1. The third kappa shape index (κ3) is 10.4. The number of aryl methyl sites for hydroxylation is 1. The number of anilines is 1. The molecule has 1 aromatic heterocycles. The monoisotopic (exact) mass is 756 g/mol. The van der Waals surface area contributed by atoms with Crippen LogP contribution in [0.2, 0.25) is 0 Å². The molecule has 6 aromatic rings. The van der Waals surface area contributed by atoms with Crippen LogP contribution < -0.4 is 10.6 Å². The third-order valence-corrected chi connectivity index (χ3v) is 8.05. The van der Waals surface area contributed by atoms with Crippen molar-refractivity contribution in [1.29, 1.82) is 0 Å². The average Bonchev–Trinajstić information content (AvgIpc) is 3.17. The fourth-order valence-electron chi connectivity index (χ4n) is 5.22. The molecule has 55 heavy (non-hydrogen) atoms. The molecule has 8 nitrogen and oxygen atoms in total. The van der Waals surface area contributed by atoms with Gasteiger partial charge >= 0.3 is 18.3 Å². The molecule has 0 fully saturated rings. The number of carbonyl (C=O) groups excluding carboxylic acids is 2. The molecular weight excluding hydrogens is 726 g/mol. The van der Waals surface area contributed by atoms with E-state index < -0.39 is 35.4 Å². The average molecular weight is 757 g/mol. The van der Waals surface area contributed by atoms with Crippen LogP contribution in [0.1, 0.15) is 53.6 Å². The Morgan fingerprint density at radius 3 is 1.56 bits per heavy atom. The molecule has 0 aliphatic heterocycles. The van der Waals surface area contributed by atoms with E-state index in [1.54, 1.807) is 79.1 Å². The van der Waals surface area contributed by atoms with Gasteiger partial charge in [-0.2, -0.15) is 26.3 Å². The summed E-state index contributed by atoms with van der Waals surface area (Å²) in [7, 11) is 0. The van der Waals surface area contributed by atoms with Crippen LogP contribution in [-0.2, 0) is 18.9 Å². The number of alkyl halides is 6. The van der Waals surface area contributed by atoms with Crippen molar-refractivity contribution in [3.63, 3.8) is 0 Å². The molecule has 0 spiro atoms. The standard InChI is InChI=1S/C27H21F3N4O2.C14H9F3O2/c1-17-14-32-22(15-31-17)16-33-25(35)19-8-12-21(13-9-19)34-26(36)24-5-3-2-4-23(24)18-6-10-20(11-7-18)27(28,29)30;15-14(16,17)10-7-5-9(6-8-10)11-3-1-2-4-12(11)13(18)19/h2-15H,16H2,1H3,(H,33,35)(H,34,36);1-8H,(H,18,19). The van der Waals surface area contributed by atoms with Crippen LogP contribution in [0.5, 0.6) is 0 Å². The summed E-state index contributed by atoms with van der Waals surface area (Å²) >= 11 is 0. The Labute approximate surface area is 310 Å². The molecule has 5 aromatic carbocycles. The molecule has 3 N–H and O–H groups in total. The lowest BCUT2D eigenvalue weighted by atomic mass is 9.98. The minimum Gasteiger partial charge on any atom is -0.478 e. The number of hydrogen-bond acceptors (Lipinski definition) is 5. The summed E-state index contributed by atoms with van der Waals surface area (Å²) in [5.74, 6) is -1.85. The molecule has 0 bridgehead atoms. The first-order chi connectivity index (χ1) is 26.1. The molecular formula is C41H30F6N4O4. The van der Waals surface area contributed by atoms with E-state index in [4.69, 9.17) is 5.11 Å². The first-order valence-corrected chi connectivity index (χ1v) is 16.3. The fourth-order valence-corrected chi connectivity index (χ4v) is 5.22. The summed E-state index contributed by atoms with van der Waals surface area (Å²) in [6, 6.07) is 28.2. The number of rotatable bonds is 8. The van der Waals surface area contributed by atoms with Gasteiger partial charge in [0, 0.05) is 23.0 Å². The van der Waals surface area contributed by atoms with Crippen LogP contribution >= 0.6 is 0 Å². The van der Waals surface area contributed by atoms with Crippen LogP contribution in [-0.4, -0.2) is 32.9 Å². The van der Waals surface area contributed by atoms with Crippen LogP contribution in [0, 0.1) is 6.92 Å². The SMILES string of the molecule is Cc1cnc(CNC(=O)c2ccc(NC(=O)c3ccccc3-c3ccc(C(F)(F)F)cc3)cc2)cn1.O=C(O)c1ccccc1-c1ccc(C(F)(F)F)cc1. The first kappa shape index (κ1) is 39.4. The molecule has 0 radical (unpaired) electrons. The Bertz CT molecular complexity index is 2270. The predicted octanol–water partition coefficient (Wildman–Crippen LogP) is 9.72. The highest BCUT2D eigenvalue weighted by Gasteiger charge is 2.31. The Kier molecular flexibility index (Phi) is 12.1. The third-order valence-electron chi connectivity index (χ3n) is 8.05. The lowest BCUT2D eigenvalue weighted by Crippen LogP contribution is -2.23. The van der Waals surface area contributed by atoms with E-state index in [9.17, 15) is 40.7 Å². The number of carbonyl (C=O) groups is 3. The Morgan fingerprint density at radius 2 is 1.09 bits per heavy atom. The van der Waals surface area contributed by atoms with E-state index in [2.05, 4.69) is 20.6 Å². The van der Waals surface area contributed by atoms with Gasteiger partial charge in [-0.3, -0.25) is 19.6 Å². The topological polar surface area (TPSA) is 121 Å². The minimum absolute atomic E-state index is 0.0576. The van der Waals surface area contributed by atoms with Crippen LogP contribution in [0.4, 0.5) is 32.0 Å². The lowest BCUT2D eigenvalue weighted by molar-refractivity contribution is -0.138. The van der Waals surface area contributed by atoms with Crippen molar-refractivity contribution >= 4 is 23.5 Å². The van der Waals surface area contributed by atoms with E-state index in [0.29, 0.717) is 44.8 Å². The Morgan fingerprint density at radius 1 is 0.600 bits per heavy atom. The van der Waals surface area contributed by atoms with Gasteiger partial charge in [-0.1, -0.05) is 60.7 Å². The van der Waals surface area contributed by atoms with E-state index in [-0.39, 0.29) is 18.0 Å². The van der Waals surface area contributed by atoms with Crippen molar-refractivity contribution in [3.05, 3.63) is 173 Å². The van der Waals surface area contributed by atoms with Crippen molar-refractivity contribution in [2.45, 2.75) is 25.8 Å². The summed E-state index contributed by atoms with van der Waals surface area (Å²) in [6.45, 7) is 2.05. The number of carboxylic acid groups (broad SMARTS) is 1. The maximum atomic E-state index is 13.0. The van der Waals surface area contributed by atoms with Gasteiger partial charge in [-0.05, 0) is 89.8 Å². The maximum Gasteiger partial charge on any atom is 0.416 e. The van der Waals surface area contributed by atoms with Gasteiger partial charge < -0.3 is 15.7 Å². The highest BCUT2D eigenvalue weighted by atomic mass is 19.4. The number of aromatic carboxylic acids is 1. The first-order valence-electron chi connectivity index (χ1n) is 16.3. The maximum absolute atomic E-state index is 13.0. The fraction of sp³-hybridized carbons (Fsp3) is 0.0976. The molecule has 14 heteroatoms. The molecule has 0 unspecified atom stereocenters. The van der Waals surface area contributed by atoms with E-state index in [1.165, 1.54) is 30.3 Å². The summed E-state index contributed by atoms with van der Waals surface area (Å²) in [5, 5.41) is 14.6. The normalized spacial score (nSPS) is 11.2. The lowest BCUT2D eigenvalue weighted by Gasteiger charge is -2.12. The number of amides is 2. The second kappa shape index (κ2) is 16.9. The second-order valence-corrected chi connectivity index (χ2v) is 11.9. The van der Waals surface area contributed by atoms with Crippen molar-refractivity contribution in [3.8, 4) is 22.3 Å². The van der Waals surface area contributed by atoms with Crippen LogP contribution in [0.15, 0.2) is 134 Å². The highest BCUT2D eigenvalue weighted by Crippen LogP contribution is 2.33. The summed E-state index contributed by atoms with van der Waals surface area (Å²) in [6.07, 6.45) is -5.62. The number of hydrogen-bond donors (Lipinski definition) is 3. The molecule has 0 aliphatic carbocycles. The van der Waals surface area contributed by atoms with Crippen molar-refractivity contribution in [2.75, 3.05) is 5.32 Å².